The Labute approximate surface area is 306 Å². The number of hydrogen-bond acceptors (Lipinski definition) is 8. The fourth-order valence-electron chi connectivity index (χ4n) is 5.72. The molecule has 0 atom stereocenters. The molecule has 0 fully saturated rings. The Morgan fingerprint density at radius 2 is 1.14 bits per heavy atom. The van der Waals surface area contributed by atoms with E-state index in [1.807, 2.05) is 67.6 Å². The van der Waals surface area contributed by atoms with E-state index in [0.29, 0.717) is 67.8 Å². The maximum Gasteiger partial charge on any atom is 0.306 e. The average Bonchev–Trinajstić information content (AvgIpc) is 3.64. The number of fused-ring (bicyclic) bond motifs is 2. The SMILES string of the molecule is CCOC(=O)CCc1cc2cc(O)cnc2n1Cc1ccc(Cl)cc1.CCOC(=O)CCc1cc2cc(OC)cnc2n1Cc1ccc(Cl)cc1. The summed E-state index contributed by atoms with van der Waals surface area (Å²) in [5.74, 6) is 0.411. The molecule has 4 aromatic heterocycles. The summed E-state index contributed by atoms with van der Waals surface area (Å²) in [6.07, 6.45) is 4.90. The quantitative estimate of drug-likeness (QED) is 0.118. The minimum Gasteiger partial charge on any atom is -0.506 e. The zero-order valence-electron chi connectivity index (χ0n) is 28.8. The number of hydrogen-bond donors (Lipinski definition) is 1. The third-order valence-corrected chi connectivity index (χ3v) is 8.63. The fraction of sp³-hybridized carbons (Fsp3) is 0.282. The number of ether oxygens (including phenoxy) is 3. The van der Waals surface area contributed by atoms with Gasteiger partial charge in [-0.3, -0.25) is 9.59 Å². The number of halogens is 2. The Morgan fingerprint density at radius 3 is 1.59 bits per heavy atom. The van der Waals surface area contributed by atoms with Gasteiger partial charge in [-0.15, -0.1) is 0 Å². The molecule has 6 aromatic rings. The highest BCUT2D eigenvalue weighted by molar-refractivity contribution is 6.30. The first kappa shape index (κ1) is 37.2. The topological polar surface area (TPSA) is 118 Å². The zero-order valence-corrected chi connectivity index (χ0v) is 30.3. The number of nitrogens with zero attached hydrogens (tertiary/aromatic N) is 4. The summed E-state index contributed by atoms with van der Waals surface area (Å²) in [7, 11) is 1.62. The average molecular weight is 732 g/mol. The minimum absolute atomic E-state index is 0.119. The number of carbonyl (C=O) groups excluding carboxylic acids is 2. The molecule has 51 heavy (non-hydrogen) atoms. The number of aryl methyl sites for hydroxylation is 2. The highest BCUT2D eigenvalue weighted by Gasteiger charge is 2.15. The molecule has 0 spiro atoms. The van der Waals surface area contributed by atoms with Gasteiger partial charge in [0.05, 0.1) is 45.6 Å². The molecule has 0 radical (unpaired) electrons. The van der Waals surface area contributed by atoms with Crippen molar-refractivity contribution in [2.75, 3.05) is 20.3 Å². The lowest BCUT2D eigenvalue weighted by atomic mass is 10.2. The Balaban J connectivity index is 0.000000198. The molecule has 0 bridgehead atoms. The largest absolute Gasteiger partial charge is 0.506 e. The van der Waals surface area contributed by atoms with Gasteiger partial charge in [0, 0.05) is 45.3 Å². The van der Waals surface area contributed by atoms with Crippen LogP contribution in [0.25, 0.3) is 22.1 Å². The van der Waals surface area contributed by atoms with Crippen LogP contribution in [0.2, 0.25) is 10.0 Å². The molecule has 0 aliphatic carbocycles. The van der Waals surface area contributed by atoms with Crippen LogP contribution in [-0.4, -0.2) is 56.5 Å². The van der Waals surface area contributed by atoms with Crippen molar-refractivity contribution in [3.63, 3.8) is 0 Å². The maximum absolute atomic E-state index is 11.8. The van der Waals surface area contributed by atoms with Crippen molar-refractivity contribution in [1.29, 1.82) is 0 Å². The van der Waals surface area contributed by atoms with Crippen LogP contribution in [0.5, 0.6) is 11.5 Å². The molecule has 0 aliphatic rings. The van der Waals surface area contributed by atoms with Crippen LogP contribution in [0.1, 0.15) is 49.2 Å². The third kappa shape index (κ3) is 10.0. The predicted molar refractivity (Wildman–Crippen MR) is 199 cm³/mol. The molecule has 0 saturated heterocycles. The number of pyridine rings is 2. The molecule has 0 unspecified atom stereocenters. The first-order valence-electron chi connectivity index (χ1n) is 16.7. The summed E-state index contributed by atoms with van der Waals surface area (Å²) in [4.78, 5) is 32.3. The molecule has 10 nitrogen and oxygen atoms in total. The van der Waals surface area contributed by atoms with Gasteiger partial charge < -0.3 is 28.5 Å². The molecule has 1 N–H and O–H groups in total. The van der Waals surface area contributed by atoms with E-state index in [1.165, 1.54) is 6.20 Å². The second-order valence-electron chi connectivity index (χ2n) is 11.7. The van der Waals surface area contributed by atoms with Crippen LogP contribution in [-0.2, 0) is 45.0 Å². The van der Waals surface area contributed by atoms with Gasteiger partial charge in [0.25, 0.3) is 0 Å². The molecule has 266 valence electrons. The summed E-state index contributed by atoms with van der Waals surface area (Å²) >= 11 is 11.9. The molecule has 2 aromatic carbocycles. The summed E-state index contributed by atoms with van der Waals surface area (Å²) in [5, 5.41) is 12.9. The number of benzene rings is 2. The summed E-state index contributed by atoms with van der Waals surface area (Å²) in [6.45, 7) is 5.63. The van der Waals surface area contributed by atoms with Gasteiger partial charge in [0.15, 0.2) is 0 Å². The Kier molecular flexibility index (Phi) is 12.9. The Hall–Kier alpha value is -5.06. The first-order valence-corrected chi connectivity index (χ1v) is 17.4. The van der Waals surface area contributed by atoms with E-state index >= 15 is 0 Å². The van der Waals surface area contributed by atoms with Crippen LogP contribution in [0, 0.1) is 0 Å². The van der Waals surface area contributed by atoms with Crippen molar-refractivity contribution in [2.45, 2.75) is 52.6 Å². The Morgan fingerprint density at radius 1 is 0.686 bits per heavy atom. The summed E-state index contributed by atoms with van der Waals surface area (Å²) in [6, 6.07) is 23.0. The predicted octanol–water partition coefficient (Wildman–Crippen LogP) is 8.18. The van der Waals surface area contributed by atoms with Crippen molar-refractivity contribution < 1.29 is 28.9 Å². The summed E-state index contributed by atoms with van der Waals surface area (Å²) < 4.78 is 19.5. The number of esters is 2. The lowest BCUT2D eigenvalue weighted by molar-refractivity contribution is -0.144. The van der Waals surface area contributed by atoms with Crippen LogP contribution >= 0.6 is 23.2 Å². The van der Waals surface area contributed by atoms with Crippen LogP contribution in [0.3, 0.4) is 0 Å². The lowest BCUT2D eigenvalue weighted by Gasteiger charge is -2.11. The van der Waals surface area contributed by atoms with Crippen LogP contribution in [0.15, 0.2) is 85.2 Å². The van der Waals surface area contributed by atoms with Gasteiger partial charge in [-0.25, -0.2) is 9.97 Å². The molecule has 0 aliphatic heterocycles. The van der Waals surface area contributed by atoms with E-state index in [-0.39, 0.29) is 17.7 Å². The molecule has 0 saturated carbocycles. The van der Waals surface area contributed by atoms with Gasteiger partial charge in [-0.1, -0.05) is 47.5 Å². The second kappa shape index (κ2) is 17.7. The van der Waals surface area contributed by atoms with Gasteiger partial charge >= 0.3 is 11.9 Å². The number of methoxy groups -OCH3 is 1. The Bertz CT molecular complexity index is 2090. The van der Waals surface area contributed by atoms with E-state index in [4.69, 9.17) is 37.4 Å². The smallest absolute Gasteiger partial charge is 0.306 e. The number of carbonyl (C=O) groups is 2. The molecule has 6 rings (SSSR count). The molecule has 12 heteroatoms. The molecular formula is C39H40Cl2N4O6. The van der Waals surface area contributed by atoms with Crippen LogP contribution in [0.4, 0.5) is 0 Å². The normalized spacial score (nSPS) is 10.9. The maximum atomic E-state index is 11.8. The van der Waals surface area contributed by atoms with Gasteiger partial charge in [0.2, 0.25) is 0 Å². The number of rotatable bonds is 13. The lowest BCUT2D eigenvalue weighted by Crippen LogP contribution is -2.09. The van der Waals surface area contributed by atoms with Crippen molar-refractivity contribution in [3.05, 3.63) is 118 Å². The highest BCUT2D eigenvalue weighted by Crippen LogP contribution is 2.26. The van der Waals surface area contributed by atoms with Crippen molar-refractivity contribution in [2.24, 2.45) is 0 Å². The molecular weight excluding hydrogens is 691 g/mol. The third-order valence-electron chi connectivity index (χ3n) is 8.12. The van der Waals surface area contributed by atoms with E-state index < -0.39 is 0 Å². The van der Waals surface area contributed by atoms with E-state index in [9.17, 15) is 14.7 Å². The molecule has 0 amide bonds. The standard InChI is InChI=1S/C20H21ClN2O3.C19H19ClN2O3/c1-3-26-19(24)9-8-17-10-15-11-18(25-2)12-22-20(15)23(17)13-14-4-6-16(21)7-5-14;1-2-25-18(24)8-7-16-9-14-10-17(23)11-21-19(14)22(16)12-13-3-5-15(20)6-4-13/h4-7,10-12H,3,8-9,13H2,1-2H3;3-6,9-11,23H,2,7-8,12H2,1H3. The van der Waals surface area contributed by atoms with Crippen molar-refractivity contribution in [3.8, 4) is 11.5 Å². The molecule has 4 heterocycles. The van der Waals surface area contributed by atoms with Crippen molar-refractivity contribution in [1.82, 2.24) is 19.1 Å². The minimum atomic E-state index is -0.221. The summed E-state index contributed by atoms with van der Waals surface area (Å²) in [5.41, 5.74) is 5.82. The highest BCUT2D eigenvalue weighted by atomic mass is 35.5. The van der Waals surface area contributed by atoms with Crippen LogP contribution < -0.4 is 4.74 Å². The monoisotopic (exact) mass is 730 g/mol. The van der Waals surface area contributed by atoms with Gasteiger partial charge in [-0.2, -0.15) is 0 Å². The van der Waals surface area contributed by atoms with E-state index in [0.717, 1.165) is 44.6 Å². The zero-order chi connectivity index (χ0) is 36.3. The first-order chi connectivity index (χ1) is 24.7. The number of aromatic hydroxyl groups is 1. The second-order valence-corrected chi connectivity index (χ2v) is 12.6. The number of aromatic nitrogens is 4. The van der Waals surface area contributed by atoms with Gasteiger partial charge in [-0.05, 0) is 86.3 Å². The van der Waals surface area contributed by atoms with Gasteiger partial charge in [0.1, 0.15) is 22.8 Å². The fourth-order valence-corrected chi connectivity index (χ4v) is 5.97. The van der Waals surface area contributed by atoms with E-state index in [2.05, 4.69) is 25.2 Å². The van der Waals surface area contributed by atoms with E-state index in [1.54, 1.807) is 26.3 Å². The van der Waals surface area contributed by atoms with Crippen molar-refractivity contribution >= 4 is 57.2 Å².